The molecule has 2 nitrogen and oxygen atoms in total. The minimum Gasteiger partial charge on any atom is -0.420 e. The number of rotatable bonds is 7. The van der Waals surface area contributed by atoms with Gasteiger partial charge < -0.3 is 4.74 Å². The number of hydrogen-bond acceptors (Lipinski definition) is 2. The van der Waals surface area contributed by atoms with E-state index in [-0.39, 0.29) is 28.7 Å². The summed E-state index contributed by atoms with van der Waals surface area (Å²) in [6.45, 7) is 5.32. The molecule has 0 saturated heterocycles. The molecule has 0 amide bonds. The van der Waals surface area contributed by atoms with Gasteiger partial charge in [-0.25, -0.2) is 31.1 Å². The number of fused-ring (bicyclic) bond motifs is 3. The molecule has 0 heterocycles. The van der Waals surface area contributed by atoms with E-state index >= 15 is 13.2 Å². The van der Waals surface area contributed by atoms with Crippen LogP contribution in [0.2, 0.25) is 0 Å². The smallest absolute Gasteiger partial charge is 0.346 e. The van der Waals surface area contributed by atoms with Crippen LogP contribution in [0.1, 0.15) is 64.7 Å². The van der Waals surface area contributed by atoms with E-state index in [2.05, 4.69) is 6.58 Å². The van der Waals surface area contributed by atoms with Crippen LogP contribution in [0.3, 0.4) is 0 Å². The largest absolute Gasteiger partial charge is 0.420 e. The average Bonchev–Trinajstić information content (AvgIpc) is 2.86. The first-order chi connectivity index (χ1) is 17.2. The van der Waals surface area contributed by atoms with E-state index in [9.17, 15) is 18.0 Å². The van der Waals surface area contributed by atoms with Gasteiger partial charge in [0.05, 0.1) is 5.56 Å². The summed E-state index contributed by atoms with van der Waals surface area (Å²) < 4.78 is 94.0. The van der Waals surface area contributed by atoms with Gasteiger partial charge >= 0.3 is 5.97 Å². The summed E-state index contributed by atoms with van der Waals surface area (Å²) in [5, 5.41) is 0. The predicted octanol–water partition coefficient (Wildman–Crippen LogP) is 8.24. The maximum absolute atomic E-state index is 15.3. The second-order valence-electron chi connectivity index (χ2n) is 8.51. The molecule has 0 aliphatic heterocycles. The number of alkyl halides is 2. The highest BCUT2D eigenvalue weighted by Crippen LogP contribution is 2.51. The number of aryl methyl sites for hydroxylation is 2. The Morgan fingerprint density at radius 1 is 0.833 bits per heavy atom. The standard InChI is InChI=1S/C28H22F6O2/c1-3-5-7-15-9-11-18(24(31)23(15)30)28(35)36-19-13-12-17-16-10-8-14(6-4-2)22(29)20(16)26(33)27(34)21(17)25(19)32/h3,8-13,26-27H,1,4-7H2,2H3/t26-,27?/m0/s1. The van der Waals surface area contributed by atoms with Crippen molar-refractivity contribution in [3.05, 3.63) is 100 Å². The normalized spacial score (nSPS) is 16.3. The highest BCUT2D eigenvalue weighted by molar-refractivity contribution is 5.91. The van der Waals surface area contributed by atoms with Crippen molar-refractivity contribution >= 4 is 5.97 Å². The van der Waals surface area contributed by atoms with Crippen LogP contribution < -0.4 is 4.74 Å². The van der Waals surface area contributed by atoms with Crippen molar-refractivity contribution in [1.82, 2.24) is 0 Å². The molecular weight excluding hydrogens is 482 g/mol. The van der Waals surface area contributed by atoms with Crippen molar-refractivity contribution in [2.75, 3.05) is 0 Å². The third-order valence-electron chi connectivity index (χ3n) is 6.22. The molecule has 4 rings (SSSR count). The fraction of sp³-hybridized carbons (Fsp3) is 0.250. The fourth-order valence-corrected chi connectivity index (χ4v) is 4.41. The summed E-state index contributed by atoms with van der Waals surface area (Å²) in [5.41, 5.74) is -1.87. The zero-order valence-electron chi connectivity index (χ0n) is 19.3. The maximum Gasteiger partial charge on any atom is 0.346 e. The zero-order chi connectivity index (χ0) is 26.1. The van der Waals surface area contributed by atoms with Crippen LogP contribution in [-0.4, -0.2) is 5.97 Å². The molecule has 0 spiro atoms. The van der Waals surface area contributed by atoms with Gasteiger partial charge in [-0.05, 0) is 53.6 Å². The van der Waals surface area contributed by atoms with E-state index < -0.39 is 64.0 Å². The molecule has 2 atom stereocenters. The lowest BCUT2D eigenvalue weighted by atomic mass is 9.81. The molecule has 0 fully saturated rings. The Balaban J connectivity index is 1.70. The summed E-state index contributed by atoms with van der Waals surface area (Å²) in [6, 6.07) is 7.19. The van der Waals surface area contributed by atoms with Gasteiger partial charge in [0, 0.05) is 11.1 Å². The van der Waals surface area contributed by atoms with Crippen molar-refractivity contribution < 1.29 is 35.9 Å². The summed E-state index contributed by atoms with van der Waals surface area (Å²) in [7, 11) is 0. The van der Waals surface area contributed by atoms with Crippen molar-refractivity contribution in [3.63, 3.8) is 0 Å². The Kier molecular flexibility index (Phi) is 7.24. The lowest BCUT2D eigenvalue weighted by Crippen LogP contribution is -2.18. The van der Waals surface area contributed by atoms with Crippen LogP contribution >= 0.6 is 0 Å². The predicted molar refractivity (Wildman–Crippen MR) is 123 cm³/mol. The Morgan fingerprint density at radius 3 is 2.06 bits per heavy atom. The van der Waals surface area contributed by atoms with Gasteiger partial charge in [-0.15, -0.1) is 6.58 Å². The fourth-order valence-electron chi connectivity index (χ4n) is 4.41. The first kappa shape index (κ1) is 25.5. The lowest BCUT2D eigenvalue weighted by molar-refractivity contribution is 0.0720. The van der Waals surface area contributed by atoms with Crippen LogP contribution in [0.5, 0.6) is 5.75 Å². The number of carbonyl (C=O) groups excluding carboxylic acids is 1. The lowest BCUT2D eigenvalue weighted by Gasteiger charge is -2.28. The van der Waals surface area contributed by atoms with Gasteiger partial charge in [0.25, 0.3) is 0 Å². The number of carbonyl (C=O) groups is 1. The molecule has 1 aliphatic carbocycles. The number of benzene rings is 3. The molecule has 1 unspecified atom stereocenters. The molecule has 0 aromatic heterocycles. The van der Waals surface area contributed by atoms with E-state index in [4.69, 9.17) is 4.74 Å². The van der Waals surface area contributed by atoms with Gasteiger partial charge in [-0.2, -0.15) is 0 Å². The van der Waals surface area contributed by atoms with Crippen LogP contribution in [0, 0.1) is 23.3 Å². The SMILES string of the molecule is C=CCCc1ccc(C(=O)Oc2ccc3c(c2F)C(F)[C@@H](F)c2c-3ccc(CCC)c2F)c(F)c1F. The molecule has 0 saturated carbocycles. The van der Waals surface area contributed by atoms with Gasteiger partial charge in [0.15, 0.2) is 35.5 Å². The Hall–Kier alpha value is -3.55. The molecule has 3 aromatic rings. The van der Waals surface area contributed by atoms with E-state index in [0.717, 1.165) is 12.1 Å². The molecule has 188 valence electrons. The summed E-state index contributed by atoms with van der Waals surface area (Å²) in [5.74, 6) is -7.19. The number of hydrogen-bond donors (Lipinski definition) is 0. The minimum absolute atomic E-state index is 0.0104. The molecule has 0 bridgehead atoms. The molecule has 3 aromatic carbocycles. The average molecular weight is 504 g/mol. The molecule has 8 heteroatoms. The van der Waals surface area contributed by atoms with Crippen LogP contribution in [0.25, 0.3) is 11.1 Å². The summed E-state index contributed by atoms with van der Waals surface area (Å²) >= 11 is 0. The highest BCUT2D eigenvalue weighted by Gasteiger charge is 2.40. The third kappa shape index (κ3) is 4.29. The first-order valence-corrected chi connectivity index (χ1v) is 11.4. The van der Waals surface area contributed by atoms with Crippen LogP contribution in [-0.2, 0) is 12.8 Å². The summed E-state index contributed by atoms with van der Waals surface area (Å²) in [4.78, 5) is 12.5. The van der Waals surface area contributed by atoms with Crippen molar-refractivity contribution in [2.24, 2.45) is 0 Å². The number of halogens is 6. The molecule has 1 aliphatic rings. The molecule has 36 heavy (non-hydrogen) atoms. The second-order valence-corrected chi connectivity index (χ2v) is 8.51. The molecular formula is C28H22F6O2. The quantitative estimate of drug-likeness (QED) is 0.140. The van der Waals surface area contributed by atoms with E-state index in [1.54, 1.807) is 0 Å². The summed E-state index contributed by atoms with van der Waals surface area (Å²) in [6.07, 6.45) is -2.08. The van der Waals surface area contributed by atoms with Crippen LogP contribution in [0.4, 0.5) is 26.3 Å². The maximum atomic E-state index is 15.3. The van der Waals surface area contributed by atoms with Gasteiger partial charge in [0.2, 0.25) is 0 Å². The molecule has 0 N–H and O–H groups in total. The monoisotopic (exact) mass is 504 g/mol. The van der Waals surface area contributed by atoms with Gasteiger partial charge in [-0.3, -0.25) is 0 Å². The van der Waals surface area contributed by atoms with E-state index in [0.29, 0.717) is 19.3 Å². The van der Waals surface area contributed by atoms with Gasteiger partial charge in [-0.1, -0.05) is 43.7 Å². The highest BCUT2D eigenvalue weighted by atomic mass is 19.2. The topological polar surface area (TPSA) is 26.3 Å². The van der Waals surface area contributed by atoms with Gasteiger partial charge in [0.1, 0.15) is 5.82 Å². The zero-order valence-corrected chi connectivity index (χ0v) is 19.3. The number of ether oxygens (including phenoxy) is 1. The van der Waals surface area contributed by atoms with Crippen molar-refractivity contribution in [1.29, 1.82) is 0 Å². The van der Waals surface area contributed by atoms with Crippen LogP contribution in [0.15, 0.2) is 49.1 Å². The Bertz CT molecular complexity index is 1350. The van der Waals surface area contributed by atoms with E-state index in [1.807, 2.05) is 6.92 Å². The number of allylic oxidation sites excluding steroid dienone is 1. The number of esters is 1. The minimum atomic E-state index is -2.57. The Morgan fingerprint density at radius 2 is 1.42 bits per heavy atom. The second kappa shape index (κ2) is 10.2. The van der Waals surface area contributed by atoms with Crippen molar-refractivity contribution in [2.45, 2.75) is 45.0 Å². The third-order valence-corrected chi connectivity index (χ3v) is 6.22. The van der Waals surface area contributed by atoms with E-state index in [1.165, 1.54) is 30.3 Å². The van der Waals surface area contributed by atoms with Crippen molar-refractivity contribution in [3.8, 4) is 16.9 Å². The first-order valence-electron chi connectivity index (χ1n) is 11.4. The Labute approximate surface area is 204 Å². The molecule has 0 radical (unpaired) electrons.